The maximum Gasteiger partial charge on any atom is 0.246 e. The van der Waals surface area contributed by atoms with Crippen molar-refractivity contribution in [2.75, 3.05) is 47.6 Å². The Kier molecular flexibility index (Phi) is 7.25. The van der Waals surface area contributed by atoms with Crippen LogP contribution >= 0.6 is 0 Å². The van der Waals surface area contributed by atoms with E-state index in [0.29, 0.717) is 73.5 Å². The van der Waals surface area contributed by atoms with Crippen LogP contribution in [0.1, 0.15) is 28.8 Å². The zero-order valence-corrected chi connectivity index (χ0v) is 19.7. The number of ketones is 1. The molecule has 0 spiro atoms. The van der Waals surface area contributed by atoms with Gasteiger partial charge in [-0.25, -0.2) is 0 Å². The molecule has 1 amide bonds. The molecule has 0 saturated carbocycles. The van der Waals surface area contributed by atoms with E-state index in [9.17, 15) is 9.59 Å². The summed E-state index contributed by atoms with van der Waals surface area (Å²) in [5.74, 6) is 2.68. The van der Waals surface area contributed by atoms with Crippen molar-refractivity contribution in [3.05, 3.63) is 47.5 Å². The average Bonchev–Trinajstić information content (AvgIpc) is 2.90. The number of piperidine rings is 1. The normalized spacial score (nSPS) is 15.8. The molecule has 2 heterocycles. The SMILES string of the molecule is COc1cc(C=CC(=O)N2CCC(C(=O)c3ccc4c(c3)OCCO4)CC2)cc(OC)c1OC. The van der Waals surface area contributed by atoms with Crippen LogP contribution in [0, 0.1) is 5.92 Å². The molecule has 0 bridgehead atoms. The van der Waals surface area contributed by atoms with Gasteiger partial charge in [-0.2, -0.15) is 0 Å². The van der Waals surface area contributed by atoms with E-state index in [2.05, 4.69) is 0 Å². The van der Waals surface area contributed by atoms with Crippen molar-refractivity contribution in [2.24, 2.45) is 5.92 Å². The predicted octanol–water partition coefficient (Wildman–Crippen LogP) is 3.62. The monoisotopic (exact) mass is 467 g/mol. The number of methoxy groups -OCH3 is 3. The molecule has 4 rings (SSSR count). The number of ether oxygens (including phenoxy) is 5. The van der Waals surface area contributed by atoms with Gasteiger partial charge in [-0.1, -0.05) is 0 Å². The van der Waals surface area contributed by atoms with Gasteiger partial charge < -0.3 is 28.6 Å². The molecular weight excluding hydrogens is 438 g/mol. The fraction of sp³-hybridized carbons (Fsp3) is 0.385. The Morgan fingerprint density at radius 1 is 0.912 bits per heavy atom. The smallest absolute Gasteiger partial charge is 0.246 e. The molecule has 2 aliphatic heterocycles. The highest BCUT2D eigenvalue weighted by Gasteiger charge is 2.28. The zero-order valence-electron chi connectivity index (χ0n) is 19.7. The van der Waals surface area contributed by atoms with Crippen molar-refractivity contribution in [1.29, 1.82) is 0 Å². The van der Waals surface area contributed by atoms with Gasteiger partial charge in [0.05, 0.1) is 21.3 Å². The molecule has 0 radical (unpaired) electrons. The van der Waals surface area contributed by atoms with Gasteiger partial charge in [-0.05, 0) is 54.8 Å². The fourth-order valence-corrected chi connectivity index (χ4v) is 4.26. The van der Waals surface area contributed by atoms with Gasteiger partial charge >= 0.3 is 0 Å². The maximum absolute atomic E-state index is 13.0. The van der Waals surface area contributed by atoms with E-state index in [1.54, 1.807) is 62.6 Å². The molecule has 0 aromatic heterocycles. The third-order valence-corrected chi connectivity index (χ3v) is 6.11. The van der Waals surface area contributed by atoms with E-state index in [0.717, 1.165) is 5.56 Å². The van der Waals surface area contributed by atoms with Crippen molar-refractivity contribution in [2.45, 2.75) is 12.8 Å². The van der Waals surface area contributed by atoms with Gasteiger partial charge in [0.15, 0.2) is 28.8 Å². The number of rotatable bonds is 7. The molecule has 0 N–H and O–H groups in total. The second-order valence-corrected chi connectivity index (χ2v) is 8.11. The molecule has 0 atom stereocenters. The molecule has 0 aliphatic carbocycles. The Balaban J connectivity index is 1.36. The largest absolute Gasteiger partial charge is 0.493 e. The van der Waals surface area contributed by atoms with E-state index < -0.39 is 0 Å². The van der Waals surface area contributed by atoms with Crippen LogP contribution in [-0.2, 0) is 4.79 Å². The predicted molar refractivity (Wildman–Crippen MR) is 126 cm³/mol. The van der Waals surface area contributed by atoms with Crippen LogP contribution in [-0.4, -0.2) is 64.2 Å². The number of benzene rings is 2. The summed E-state index contributed by atoms with van der Waals surface area (Å²) in [4.78, 5) is 27.5. The molecular formula is C26H29NO7. The highest BCUT2D eigenvalue weighted by Crippen LogP contribution is 2.38. The molecule has 8 nitrogen and oxygen atoms in total. The summed E-state index contributed by atoms with van der Waals surface area (Å²) in [6.45, 7) is 2.05. The highest BCUT2D eigenvalue weighted by atomic mass is 16.6. The Bertz CT molecular complexity index is 1060. The summed E-state index contributed by atoms with van der Waals surface area (Å²) in [7, 11) is 4.64. The number of carbonyl (C=O) groups is 2. The molecule has 8 heteroatoms. The minimum absolute atomic E-state index is 0.0806. The van der Waals surface area contributed by atoms with Gasteiger partial charge in [0.2, 0.25) is 11.7 Å². The lowest BCUT2D eigenvalue weighted by molar-refractivity contribution is -0.127. The van der Waals surface area contributed by atoms with Gasteiger partial charge in [0.25, 0.3) is 0 Å². The molecule has 2 aliphatic rings. The first-order valence-corrected chi connectivity index (χ1v) is 11.2. The average molecular weight is 468 g/mol. The number of carbonyl (C=O) groups excluding carboxylic acids is 2. The summed E-state index contributed by atoms with van der Waals surface area (Å²) in [6.07, 6.45) is 4.50. The van der Waals surface area contributed by atoms with Crippen molar-refractivity contribution in [1.82, 2.24) is 4.90 Å². The highest BCUT2D eigenvalue weighted by molar-refractivity contribution is 5.99. The fourth-order valence-electron chi connectivity index (χ4n) is 4.26. The van der Waals surface area contributed by atoms with Gasteiger partial charge in [-0.3, -0.25) is 9.59 Å². The topological polar surface area (TPSA) is 83.5 Å². The number of nitrogens with zero attached hydrogens (tertiary/aromatic N) is 1. The molecule has 2 aromatic carbocycles. The summed E-state index contributed by atoms with van der Waals surface area (Å²) in [6, 6.07) is 8.89. The maximum atomic E-state index is 13.0. The molecule has 2 aromatic rings. The first-order valence-electron chi connectivity index (χ1n) is 11.2. The number of likely N-dealkylation sites (tertiary alicyclic amines) is 1. The Morgan fingerprint density at radius 3 is 2.18 bits per heavy atom. The van der Waals surface area contributed by atoms with Crippen LogP contribution < -0.4 is 23.7 Å². The number of hydrogen-bond acceptors (Lipinski definition) is 7. The van der Waals surface area contributed by atoms with Crippen LogP contribution in [0.15, 0.2) is 36.4 Å². The summed E-state index contributed by atoms with van der Waals surface area (Å²) >= 11 is 0. The van der Waals surface area contributed by atoms with Gasteiger partial charge in [-0.15, -0.1) is 0 Å². The summed E-state index contributed by atoms with van der Waals surface area (Å²) in [5, 5.41) is 0. The van der Waals surface area contributed by atoms with Crippen LogP contribution in [0.5, 0.6) is 28.7 Å². The Labute approximate surface area is 199 Å². The Morgan fingerprint density at radius 2 is 1.56 bits per heavy atom. The van der Waals surface area contributed by atoms with Crippen molar-refractivity contribution in [3.8, 4) is 28.7 Å². The van der Waals surface area contributed by atoms with Crippen LogP contribution in [0.4, 0.5) is 0 Å². The van der Waals surface area contributed by atoms with Crippen LogP contribution in [0.3, 0.4) is 0 Å². The van der Waals surface area contributed by atoms with E-state index in [1.165, 1.54) is 6.08 Å². The lowest BCUT2D eigenvalue weighted by Crippen LogP contribution is -2.39. The van der Waals surface area contributed by atoms with Crippen molar-refractivity contribution < 1.29 is 33.3 Å². The van der Waals surface area contributed by atoms with Gasteiger partial charge in [0.1, 0.15) is 13.2 Å². The second kappa shape index (κ2) is 10.5. The molecule has 34 heavy (non-hydrogen) atoms. The minimum atomic E-state index is -0.120. The number of amides is 1. The number of Topliss-reactive ketones (excluding diaryl/α,β-unsaturated/α-hetero) is 1. The first kappa shape index (κ1) is 23.5. The third-order valence-electron chi connectivity index (χ3n) is 6.11. The molecule has 0 unspecified atom stereocenters. The quantitative estimate of drug-likeness (QED) is 0.454. The molecule has 180 valence electrons. The zero-order chi connectivity index (χ0) is 24.1. The van der Waals surface area contributed by atoms with E-state index in [4.69, 9.17) is 23.7 Å². The minimum Gasteiger partial charge on any atom is -0.493 e. The van der Waals surface area contributed by atoms with E-state index >= 15 is 0 Å². The number of fused-ring (bicyclic) bond motifs is 1. The van der Waals surface area contributed by atoms with E-state index in [-0.39, 0.29) is 17.6 Å². The Hall–Kier alpha value is -3.68. The van der Waals surface area contributed by atoms with Crippen molar-refractivity contribution >= 4 is 17.8 Å². The van der Waals surface area contributed by atoms with Crippen LogP contribution in [0.25, 0.3) is 6.08 Å². The molecule has 1 fully saturated rings. The first-order chi connectivity index (χ1) is 16.5. The summed E-state index contributed by atoms with van der Waals surface area (Å²) in [5.41, 5.74) is 1.38. The third kappa shape index (κ3) is 4.95. The summed E-state index contributed by atoms with van der Waals surface area (Å²) < 4.78 is 27.2. The molecule has 1 saturated heterocycles. The van der Waals surface area contributed by atoms with E-state index in [1.807, 2.05) is 0 Å². The van der Waals surface area contributed by atoms with Gasteiger partial charge in [0, 0.05) is 30.6 Å². The standard InChI is InChI=1S/C26H29NO7/c1-30-22-14-17(15-23(31-2)26(22)32-3)4-7-24(28)27-10-8-18(9-11-27)25(29)19-5-6-20-21(16-19)34-13-12-33-20/h4-7,14-16,18H,8-13H2,1-3H3. The van der Waals surface area contributed by atoms with Crippen molar-refractivity contribution in [3.63, 3.8) is 0 Å². The number of hydrogen-bond donors (Lipinski definition) is 0. The lowest BCUT2D eigenvalue weighted by Gasteiger charge is -2.30. The van der Waals surface area contributed by atoms with Crippen LogP contribution in [0.2, 0.25) is 0 Å². The lowest BCUT2D eigenvalue weighted by atomic mass is 9.88. The second-order valence-electron chi connectivity index (χ2n) is 8.11.